The van der Waals surface area contributed by atoms with Gasteiger partial charge in [0.2, 0.25) is 5.95 Å². The van der Waals surface area contributed by atoms with E-state index in [2.05, 4.69) is 15.3 Å². The van der Waals surface area contributed by atoms with Gasteiger partial charge in [0, 0.05) is 22.8 Å². The second-order valence-corrected chi connectivity index (χ2v) is 6.61. The van der Waals surface area contributed by atoms with Crippen molar-refractivity contribution < 1.29 is 13.6 Å². The summed E-state index contributed by atoms with van der Waals surface area (Å²) in [6.07, 6.45) is 1.65. The summed E-state index contributed by atoms with van der Waals surface area (Å²) >= 11 is 0. The summed E-state index contributed by atoms with van der Waals surface area (Å²) in [6, 6.07) is 14.4. The number of fused-ring (bicyclic) bond motifs is 1. The average molecular weight is 390 g/mol. The Bertz CT molecular complexity index is 1260. The van der Waals surface area contributed by atoms with Gasteiger partial charge in [-0.2, -0.15) is 0 Å². The highest BCUT2D eigenvalue weighted by Gasteiger charge is 2.12. The van der Waals surface area contributed by atoms with Crippen molar-refractivity contribution in [1.82, 2.24) is 9.97 Å². The number of carbonyl (C=O) groups excluding carboxylic acids is 1. The Morgan fingerprint density at radius 3 is 2.52 bits per heavy atom. The molecule has 0 aliphatic carbocycles. The van der Waals surface area contributed by atoms with E-state index in [1.807, 2.05) is 43.3 Å². The zero-order chi connectivity index (χ0) is 20.5. The molecule has 0 atom stereocenters. The van der Waals surface area contributed by atoms with Crippen LogP contribution in [0.25, 0.3) is 22.0 Å². The Kier molecular flexibility index (Phi) is 4.64. The number of rotatable bonds is 3. The lowest BCUT2D eigenvalue weighted by molar-refractivity contribution is 0.102. The molecule has 1 heterocycles. The Labute approximate surface area is 165 Å². The molecule has 4 aromatic rings. The second-order valence-electron chi connectivity index (χ2n) is 6.61. The molecule has 3 aromatic carbocycles. The number of halogens is 2. The molecule has 0 fully saturated rings. The molecule has 0 aliphatic heterocycles. The molecule has 0 unspecified atom stereocenters. The molecular weight excluding hydrogens is 374 g/mol. The molecule has 144 valence electrons. The van der Waals surface area contributed by atoms with E-state index in [1.54, 1.807) is 6.20 Å². The van der Waals surface area contributed by atoms with Crippen LogP contribution < -0.4 is 11.1 Å². The van der Waals surface area contributed by atoms with Crippen LogP contribution in [0.2, 0.25) is 0 Å². The fourth-order valence-electron chi connectivity index (χ4n) is 3.00. The average Bonchev–Trinajstić information content (AvgIpc) is 2.71. The third kappa shape index (κ3) is 3.75. The maximum absolute atomic E-state index is 13.4. The molecule has 3 N–H and O–H groups in total. The fraction of sp³-hybridized carbons (Fsp3) is 0.0455. The van der Waals surface area contributed by atoms with Crippen LogP contribution in [0.1, 0.15) is 15.9 Å². The standard InChI is InChI=1S/C22H16F2N4O/c1-12-2-3-14(13-5-7-19-16(8-13)11-26-22(25)28-19)10-20(12)27-21(29)15-4-6-17(23)18(24)9-15/h2-11H,1H3,(H,27,29)(H2,25,26,28). The van der Waals surface area contributed by atoms with Crippen molar-refractivity contribution >= 4 is 28.4 Å². The number of benzene rings is 3. The first-order chi connectivity index (χ1) is 13.9. The van der Waals surface area contributed by atoms with Gasteiger partial charge >= 0.3 is 0 Å². The van der Waals surface area contributed by atoms with E-state index in [0.29, 0.717) is 5.69 Å². The molecule has 7 heteroatoms. The normalized spacial score (nSPS) is 10.9. The van der Waals surface area contributed by atoms with Crippen molar-refractivity contribution in [3.05, 3.63) is 83.6 Å². The molecule has 0 saturated heterocycles. The summed E-state index contributed by atoms with van der Waals surface area (Å²) in [5, 5.41) is 3.60. The minimum absolute atomic E-state index is 0.0362. The van der Waals surface area contributed by atoms with Crippen LogP contribution >= 0.6 is 0 Å². The highest BCUT2D eigenvalue weighted by atomic mass is 19.2. The lowest BCUT2D eigenvalue weighted by Gasteiger charge is -2.12. The molecule has 4 rings (SSSR count). The van der Waals surface area contributed by atoms with Gasteiger partial charge in [0.15, 0.2) is 11.6 Å². The molecule has 0 radical (unpaired) electrons. The Morgan fingerprint density at radius 2 is 1.72 bits per heavy atom. The maximum atomic E-state index is 13.4. The fourth-order valence-corrected chi connectivity index (χ4v) is 3.00. The van der Waals surface area contributed by atoms with Crippen molar-refractivity contribution in [1.29, 1.82) is 0 Å². The van der Waals surface area contributed by atoms with E-state index in [-0.39, 0.29) is 11.5 Å². The summed E-state index contributed by atoms with van der Waals surface area (Å²) < 4.78 is 26.5. The highest BCUT2D eigenvalue weighted by Crippen LogP contribution is 2.28. The van der Waals surface area contributed by atoms with Crippen LogP contribution in [-0.2, 0) is 0 Å². The molecule has 5 nitrogen and oxygen atoms in total. The SMILES string of the molecule is Cc1ccc(-c2ccc3nc(N)ncc3c2)cc1NC(=O)c1ccc(F)c(F)c1. The van der Waals surface area contributed by atoms with Gasteiger partial charge in [0.1, 0.15) is 0 Å². The van der Waals surface area contributed by atoms with Gasteiger partial charge in [-0.25, -0.2) is 18.7 Å². The molecule has 0 aliphatic rings. The number of nitrogens with one attached hydrogen (secondary N) is 1. The zero-order valence-corrected chi connectivity index (χ0v) is 15.4. The molecule has 0 spiro atoms. The van der Waals surface area contributed by atoms with E-state index in [9.17, 15) is 13.6 Å². The van der Waals surface area contributed by atoms with Crippen LogP contribution in [0.4, 0.5) is 20.4 Å². The summed E-state index contributed by atoms with van der Waals surface area (Å²) in [6.45, 7) is 1.85. The second kappa shape index (κ2) is 7.27. The predicted molar refractivity (Wildman–Crippen MR) is 108 cm³/mol. The van der Waals surface area contributed by atoms with Crippen molar-refractivity contribution in [2.24, 2.45) is 0 Å². The van der Waals surface area contributed by atoms with Crippen molar-refractivity contribution in [3.63, 3.8) is 0 Å². The summed E-state index contributed by atoms with van der Waals surface area (Å²) in [4.78, 5) is 20.6. The third-order valence-corrected chi connectivity index (χ3v) is 4.60. The molecular formula is C22H16F2N4O. The van der Waals surface area contributed by atoms with Gasteiger partial charge in [0.25, 0.3) is 5.91 Å². The Morgan fingerprint density at radius 1 is 0.966 bits per heavy atom. The summed E-state index contributed by atoms with van der Waals surface area (Å²) in [5.41, 5.74) is 9.58. The quantitative estimate of drug-likeness (QED) is 0.530. The highest BCUT2D eigenvalue weighted by molar-refractivity contribution is 6.05. The van der Waals surface area contributed by atoms with Gasteiger partial charge in [-0.15, -0.1) is 0 Å². The van der Waals surface area contributed by atoms with Gasteiger partial charge < -0.3 is 11.1 Å². The van der Waals surface area contributed by atoms with Crippen LogP contribution in [0.3, 0.4) is 0 Å². The van der Waals surface area contributed by atoms with Gasteiger partial charge in [-0.3, -0.25) is 4.79 Å². The number of amides is 1. The number of hydrogen-bond donors (Lipinski definition) is 2. The lowest BCUT2D eigenvalue weighted by Crippen LogP contribution is -2.13. The van der Waals surface area contributed by atoms with Crippen molar-refractivity contribution in [3.8, 4) is 11.1 Å². The van der Waals surface area contributed by atoms with Crippen molar-refractivity contribution in [2.75, 3.05) is 11.1 Å². The molecule has 29 heavy (non-hydrogen) atoms. The van der Waals surface area contributed by atoms with E-state index in [0.717, 1.165) is 39.7 Å². The van der Waals surface area contributed by atoms with Crippen LogP contribution in [-0.4, -0.2) is 15.9 Å². The topological polar surface area (TPSA) is 80.9 Å². The van der Waals surface area contributed by atoms with E-state index < -0.39 is 17.5 Å². The minimum Gasteiger partial charge on any atom is -0.368 e. The molecule has 0 bridgehead atoms. The number of aromatic nitrogens is 2. The first-order valence-electron chi connectivity index (χ1n) is 8.80. The third-order valence-electron chi connectivity index (χ3n) is 4.60. The van der Waals surface area contributed by atoms with Crippen LogP contribution in [0.15, 0.2) is 60.8 Å². The van der Waals surface area contributed by atoms with E-state index >= 15 is 0 Å². The Balaban J connectivity index is 1.66. The van der Waals surface area contributed by atoms with Crippen molar-refractivity contribution in [2.45, 2.75) is 6.92 Å². The Hall–Kier alpha value is -3.87. The van der Waals surface area contributed by atoms with Gasteiger partial charge in [-0.05, 0) is 60.0 Å². The predicted octanol–water partition coefficient (Wildman–Crippen LogP) is 4.72. The molecule has 1 aromatic heterocycles. The minimum atomic E-state index is -1.07. The number of nitrogen functional groups attached to an aromatic ring is 1. The van der Waals surface area contributed by atoms with E-state index in [4.69, 9.17) is 5.73 Å². The zero-order valence-electron chi connectivity index (χ0n) is 15.4. The van der Waals surface area contributed by atoms with Crippen LogP contribution in [0, 0.1) is 18.6 Å². The molecule has 1 amide bonds. The number of nitrogens with zero attached hydrogens (tertiary/aromatic N) is 2. The number of aryl methyl sites for hydroxylation is 1. The lowest BCUT2D eigenvalue weighted by atomic mass is 10.0. The largest absolute Gasteiger partial charge is 0.368 e. The van der Waals surface area contributed by atoms with Crippen LogP contribution in [0.5, 0.6) is 0 Å². The molecule has 0 saturated carbocycles. The summed E-state index contributed by atoms with van der Waals surface area (Å²) in [5.74, 6) is -2.38. The number of anilines is 2. The maximum Gasteiger partial charge on any atom is 0.255 e. The first-order valence-corrected chi connectivity index (χ1v) is 8.80. The number of hydrogen-bond acceptors (Lipinski definition) is 4. The van der Waals surface area contributed by atoms with Gasteiger partial charge in [-0.1, -0.05) is 18.2 Å². The number of carbonyl (C=O) groups is 1. The summed E-state index contributed by atoms with van der Waals surface area (Å²) in [7, 11) is 0. The smallest absolute Gasteiger partial charge is 0.255 e. The van der Waals surface area contributed by atoms with E-state index in [1.165, 1.54) is 6.07 Å². The number of nitrogens with two attached hydrogens (primary N) is 1. The van der Waals surface area contributed by atoms with Gasteiger partial charge in [0.05, 0.1) is 5.52 Å². The first kappa shape index (κ1) is 18.5. The monoisotopic (exact) mass is 390 g/mol.